The van der Waals surface area contributed by atoms with Gasteiger partial charge < -0.3 is 20.3 Å². The Hall–Kier alpha value is -7.23. The van der Waals surface area contributed by atoms with E-state index in [0.717, 1.165) is 33.0 Å². The third kappa shape index (κ3) is 11.9. The molecule has 2 aromatic heterocycles. The van der Waals surface area contributed by atoms with Gasteiger partial charge in [0.05, 0.1) is 55.3 Å². The summed E-state index contributed by atoms with van der Waals surface area (Å²) >= 11 is 27.1. The Bertz CT molecular complexity index is 3480. The quantitative estimate of drug-likeness (QED) is 0.101. The first-order valence-corrected chi connectivity index (χ1v) is 24.3. The molecule has 0 atom stereocenters. The average molecular weight is 1060 g/mol. The van der Waals surface area contributed by atoms with E-state index in [-0.39, 0.29) is 29.4 Å². The molecule has 0 bridgehead atoms. The number of hydrogen-bond donors (Lipinski definition) is 3. The standard InChI is InChI=1S/C30H19Cl2FN2O3S.C24H15Cl2NO4S/c31-25-12-8-20(14-26(25)32)27-16-39-29(35-27)21-7-11-23(24(13-21)30(37)38)18-3-5-19(6-4-18)28(36)34-15-17-1-9-22(33)10-2-17;1-31-24(30)18-10-16(6-8-17(18)13-2-4-14(5-3-13)23(28)29)22-27-21(12-32-22)15-7-9-19(25)20(26)11-15/h1-14,16H,15H2,(H,34,36)(H,37,38);2-12H,1H3,(H,28,29). The zero-order valence-corrected chi connectivity index (χ0v) is 41.4. The number of benzene rings is 7. The number of rotatable bonds is 12. The molecule has 0 saturated heterocycles. The van der Waals surface area contributed by atoms with Gasteiger partial charge in [0.2, 0.25) is 0 Å². The molecule has 354 valence electrons. The van der Waals surface area contributed by atoms with Crippen molar-refractivity contribution in [2.45, 2.75) is 6.54 Å². The summed E-state index contributed by atoms with van der Waals surface area (Å²) in [4.78, 5) is 57.7. The van der Waals surface area contributed by atoms with Crippen LogP contribution in [0.3, 0.4) is 0 Å². The van der Waals surface area contributed by atoms with E-state index in [9.17, 15) is 28.7 Å². The second kappa shape index (κ2) is 22.2. The lowest BCUT2D eigenvalue weighted by atomic mass is 9.96. The fourth-order valence-electron chi connectivity index (χ4n) is 7.18. The SMILES string of the molecule is COC(=O)c1cc(-c2nc(-c3ccc(Cl)c(Cl)c3)cs2)ccc1-c1ccc(C(=O)O)cc1.O=C(NCc1ccc(F)cc1)c1ccc(-c2ccc(-c3nc(-c4ccc(Cl)c(Cl)c4)cs3)cc2C(=O)O)cc1. The van der Waals surface area contributed by atoms with Crippen LogP contribution in [0.4, 0.5) is 4.39 Å². The van der Waals surface area contributed by atoms with Gasteiger partial charge in [-0.15, -0.1) is 22.7 Å². The molecule has 10 nitrogen and oxygen atoms in total. The smallest absolute Gasteiger partial charge is 0.338 e. The molecular weight excluding hydrogens is 1030 g/mol. The number of methoxy groups -OCH3 is 1. The Balaban J connectivity index is 0.000000194. The van der Waals surface area contributed by atoms with Crippen molar-refractivity contribution >= 4 is 92.9 Å². The minimum Gasteiger partial charge on any atom is -0.478 e. The summed E-state index contributed by atoms with van der Waals surface area (Å²) in [6.45, 7) is 0.259. The van der Waals surface area contributed by atoms with Gasteiger partial charge in [-0.2, -0.15) is 0 Å². The van der Waals surface area contributed by atoms with Gasteiger partial charge in [0.15, 0.2) is 0 Å². The fraction of sp³-hybridized carbons (Fsp3) is 0.0370. The summed E-state index contributed by atoms with van der Waals surface area (Å²) in [6.07, 6.45) is 0. The Kier molecular flexibility index (Phi) is 15.7. The third-order valence-electron chi connectivity index (χ3n) is 10.9. The van der Waals surface area contributed by atoms with Crippen molar-refractivity contribution < 1.29 is 38.5 Å². The molecule has 0 saturated carbocycles. The Morgan fingerprint density at radius 2 is 0.986 bits per heavy atom. The summed E-state index contributed by atoms with van der Waals surface area (Å²) in [7, 11) is 1.32. The van der Waals surface area contributed by atoms with Crippen LogP contribution in [0.15, 0.2) is 156 Å². The van der Waals surface area contributed by atoms with Crippen molar-refractivity contribution in [1.82, 2.24) is 15.3 Å². The first-order chi connectivity index (χ1) is 34.1. The number of nitrogens with zero attached hydrogens (tertiary/aromatic N) is 2. The highest BCUT2D eigenvalue weighted by molar-refractivity contribution is 7.13. The van der Waals surface area contributed by atoms with Gasteiger partial charge in [0.1, 0.15) is 15.8 Å². The Morgan fingerprint density at radius 1 is 0.535 bits per heavy atom. The number of hydrogen-bond acceptors (Lipinski definition) is 9. The van der Waals surface area contributed by atoms with E-state index in [1.165, 1.54) is 54.0 Å². The number of carboxylic acids is 2. The molecule has 9 aromatic rings. The maximum absolute atomic E-state index is 13.1. The van der Waals surface area contributed by atoms with Crippen molar-refractivity contribution in [3.8, 4) is 65.9 Å². The van der Waals surface area contributed by atoms with Gasteiger partial charge in [-0.05, 0) is 101 Å². The number of carbonyl (C=O) groups excluding carboxylic acids is 2. The summed E-state index contributed by atoms with van der Waals surface area (Å²) in [6, 6.07) is 40.0. The predicted molar refractivity (Wildman–Crippen MR) is 280 cm³/mol. The molecule has 0 unspecified atom stereocenters. The van der Waals surface area contributed by atoms with Crippen LogP contribution in [0.2, 0.25) is 20.1 Å². The number of carboxylic acid groups (broad SMARTS) is 2. The number of amides is 1. The van der Waals surface area contributed by atoms with E-state index in [4.69, 9.17) is 56.2 Å². The minimum absolute atomic E-state index is 0.118. The van der Waals surface area contributed by atoms with Gasteiger partial charge in [-0.1, -0.05) is 119 Å². The van der Waals surface area contributed by atoms with Gasteiger partial charge in [0.25, 0.3) is 5.91 Å². The molecule has 0 radical (unpaired) electrons. The number of esters is 1. The second-order valence-electron chi connectivity index (χ2n) is 15.4. The number of halogens is 5. The van der Waals surface area contributed by atoms with Crippen LogP contribution in [0, 0.1) is 5.82 Å². The lowest BCUT2D eigenvalue weighted by Gasteiger charge is -2.10. The van der Waals surface area contributed by atoms with E-state index in [1.54, 1.807) is 97.1 Å². The fourth-order valence-corrected chi connectivity index (χ4v) is 9.43. The van der Waals surface area contributed by atoms with Gasteiger partial charge in [0, 0.05) is 45.1 Å². The largest absolute Gasteiger partial charge is 0.478 e. The molecule has 7 aromatic carbocycles. The number of thiazole rings is 2. The topological polar surface area (TPSA) is 156 Å². The first-order valence-electron chi connectivity index (χ1n) is 21.0. The van der Waals surface area contributed by atoms with Crippen LogP contribution >= 0.6 is 69.1 Å². The minimum atomic E-state index is -1.07. The van der Waals surface area contributed by atoms with E-state index < -0.39 is 17.9 Å². The number of nitrogens with one attached hydrogen (secondary N) is 1. The Labute approximate surface area is 433 Å². The number of aromatic carboxylic acids is 2. The molecule has 0 aliphatic heterocycles. The normalized spacial score (nSPS) is 10.8. The van der Waals surface area contributed by atoms with Crippen molar-refractivity contribution in [3.63, 3.8) is 0 Å². The lowest BCUT2D eigenvalue weighted by Crippen LogP contribution is -2.22. The first kappa shape index (κ1) is 50.2. The highest BCUT2D eigenvalue weighted by Gasteiger charge is 2.19. The number of aromatic nitrogens is 2. The molecule has 0 aliphatic rings. The summed E-state index contributed by atoms with van der Waals surface area (Å²) < 4.78 is 18.0. The molecule has 0 aliphatic carbocycles. The van der Waals surface area contributed by atoms with Crippen LogP contribution in [0.5, 0.6) is 0 Å². The molecule has 0 spiro atoms. The zero-order valence-electron chi connectivity index (χ0n) is 36.8. The molecule has 9 rings (SSSR count). The van der Waals surface area contributed by atoms with Crippen LogP contribution < -0.4 is 5.32 Å². The summed E-state index contributed by atoms with van der Waals surface area (Å²) in [5.41, 5.74) is 8.90. The monoisotopic (exact) mass is 1060 g/mol. The Morgan fingerprint density at radius 3 is 1.45 bits per heavy atom. The molecule has 17 heteroatoms. The third-order valence-corrected chi connectivity index (χ3v) is 14.1. The predicted octanol–water partition coefficient (Wildman–Crippen LogP) is 15.2. The van der Waals surface area contributed by atoms with Crippen LogP contribution in [-0.4, -0.2) is 51.1 Å². The van der Waals surface area contributed by atoms with Gasteiger partial charge in [-0.3, -0.25) is 4.79 Å². The van der Waals surface area contributed by atoms with Crippen LogP contribution in [0.1, 0.15) is 47.0 Å². The van der Waals surface area contributed by atoms with Crippen LogP contribution in [-0.2, 0) is 11.3 Å². The molecule has 1 amide bonds. The van der Waals surface area contributed by atoms with Gasteiger partial charge in [-0.25, -0.2) is 28.7 Å². The van der Waals surface area contributed by atoms with E-state index >= 15 is 0 Å². The molecular formula is C54H34Cl4FN3O7S2. The second-order valence-corrected chi connectivity index (χ2v) is 18.8. The van der Waals surface area contributed by atoms with E-state index in [0.29, 0.717) is 69.7 Å². The van der Waals surface area contributed by atoms with Crippen molar-refractivity contribution in [2.75, 3.05) is 7.11 Å². The van der Waals surface area contributed by atoms with Crippen molar-refractivity contribution in [3.05, 3.63) is 210 Å². The van der Waals surface area contributed by atoms with E-state index in [2.05, 4.69) is 15.3 Å². The summed E-state index contributed by atoms with van der Waals surface area (Å²) in [5, 5.41) is 28.8. The molecule has 3 N–H and O–H groups in total. The average Bonchev–Trinajstić information content (AvgIpc) is 4.10. The van der Waals surface area contributed by atoms with Crippen molar-refractivity contribution in [2.24, 2.45) is 0 Å². The number of ether oxygens (including phenoxy) is 1. The molecule has 2 heterocycles. The highest BCUT2D eigenvalue weighted by atomic mass is 35.5. The van der Waals surface area contributed by atoms with Crippen LogP contribution in [0.25, 0.3) is 65.9 Å². The lowest BCUT2D eigenvalue weighted by molar-refractivity contribution is 0.0599. The molecule has 71 heavy (non-hydrogen) atoms. The molecule has 0 fully saturated rings. The maximum atomic E-state index is 13.1. The van der Waals surface area contributed by atoms with Crippen molar-refractivity contribution in [1.29, 1.82) is 0 Å². The number of carbonyl (C=O) groups is 4. The summed E-state index contributed by atoms with van der Waals surface area (Å²) in [5.74, 6) is -3.21. The highest BCUT2D eigenvalue weighted by Crippen LogP contribution is 2.37. The van der Waals surface area contributed by atoms with E-state index in [1.807, 2.05) is 35.0 Å². The maximum Gasteiger partial charge on any atom is 0.338 e. The van der Waals surface area contributed by atoms with Gasteiger partial charge >= 0.3 is 17.9 Å². The zero-order chi connectivity index (χ0) is 50.3.